The van der Waals surface area contributed by atoms with Gasteiger partial charge in [0.05, 0.1) is 0 Å². The zero-order valence-corrected chi connectivity index (χ0v) is 13.5. The smallest absolute Gasteiger partial charge is 0.319 e. The summed E-state index contributed by atoms with van der Waals surface area (Å²) in [7, 11) is 0. The lowest BCUT2D eigenvalue weighted by Gasteiger charge is -2.22. The number of rotatable bonds is 4. The summed E-state index contributed by atoms with van der Waals surface area (Å²) in [6.07, 6.45) is 2.18. The highest BCUT2D eigenvalue weighted by atomic mass is 35.5. The number of piperidine rings is 1. The molecule has 1 saturated heterocycles. The van der Waals surface area contributed by atoms with Crippen LogP contribution in [-0.4, -0.2) is 31.6 Å². The summed E-state index contributed by atoms with van der Waals surface area (Å²) >= 11 is 0. The molecular weight excluding hydrogens is 304 g/mol. The van der Waals surface area contributed by atoms with Crippen LogP contribution in [0.1, 0.15) is 28.8 Å². The van der Waals surface area contributed by atoms with Crippen LogP contribution in [-0.2, 0) is 0 Å². The van der Waals surface area contributed by atoms with E-state index < -0.39 is 5.91 Å². The SMILES string of the molecule is Cc1cc(C(N)=O)ccc1NC(=O)NCC1CCNCC1.Cl. The van der Waals surface area contributed by atoms with Gasteiger partial charge >= 0.3 is 6.03 Å². The minimum atomic E-state index is -0.472. The molecule has 1 fully saturated rings. The van der Waals surface area contributed by atoms with Crippen molar-refractivity contribution in [2.45, 2.75) is 19.8 Å². The van der Waals surface area contributed by atoms with Gasteiger partial charge in [-0.25, -0.2) is 4.79 Å². The molecule has 5 N–H and O–H groups in total. The van der Waals surface area contributed by atoms with Crippen molar-refractivity contribution in [2.75, 3.05) is 25.0 Å². The topological polar surface area (TPSA) is 96.2 Å². The van der Waals surface area contributed by atoms with Crippen molar-refractivity contribution in [3.63, 3.8) is 0 Å². The van der Waals surface area contributed by atoms with Crippen LogP contribution in [0.3, 0.4) is 0 Å². The second-order valence-corrected chi connectivity index (χ2v) is 5.42. The van der Waals surface area contributed by atoms with Crippen LogP contribution in [0.25, 0.3) is 0 Å². The highest BCUT2D eigenvalue weighted by Crippen LogP contribution is 2.16. The summed E-state index contributed by atoms with van der Waals surface area (Å²) in [6, 6.07) is 4.76. The van der Waals surface area contributed by atoms with Crippen LogP contribution in [0.4, 0.5) is 10.5 Å². The number of nitrogens with two attached hydrogens (primary N) is 1. The van der Waals surface area contributed by atoms with Gasteiger partial charge in [-0.05, 0) is 62.5 Å². The summed E-state index contributed by atoms with van der Waals surface area (Å²) < 4.78 is 0. The fourth-order valence-electron chi connectivity index (χ4n) is 2.45. The Hall–Kier alpha value is -1.79. The maximum atomic E-state index is 11.9. The lowest BCUT2D eigenvalue weighted by molar-refractivity contribution is 0.1000. The molecule has 22 heavy (non-hydrogen) atoms. The van der Waals surface area contributed by atoms with Gasteiger partial charge < -0.3 is 21.7 Å². The summed E-state index contributed by atoms with van der Waals surface area (Å²) in [4.78, 5) is 23.0. The standard InChI is InChI=1S/C15H22N4O2.ClH/c1-10-8-12(14(16)20)2-3-13(10)19-15(21)18-9-11-4-6-17-7-5-11;/h2-3,8,11,17H,4-7,9H2,1H3,(H2,16,20)(H2,18,19,21);1H. The molecule has 0 aromatic heterocycles. The largest absolute Gasteiger partial charge is 0.366 e. The molecule has 0 atom stereocenters. The Labute approximate surface area is 136 Å². The minimum Gasteiger partial charge on any atom is -0.366 e. The monoisotopic (exact) mass is 326 g/mol. The number of hydrogen-bond donors (Lipinski definition) is 4. The van der Waals surface area contributed by atoms with Gasteiger partial charge in [-0.3, -0.25) is 4.79 Å². The van der Waals surface area contributed by atoms with E-state index in [0.29, 0.717) is 23.7 Å². The van der Waals surface area contributed by atoms with Crippen molar-refractivity contribution in [2.24, 2.45) is 11.7 Å². The number of aryl methyl sites for hydroxylation is 1. The molecule has 0 bridgehead atoms. The Morgan fingerprint density at radius 3 is 2.59 bits per heavy atom. The molecule has 2 rings (SSSR count). The Morgan fingerprint density at radius 2 is 2.00 bits per heavy atom. The number of carbonyl (C=O) groups is 2. The molecule has 0 aliphatic carbocycles. The molecule has 3 amide bonds. The second kappa shape index (κ2) is 8.60. The van der Waals surface area contributed by atoms with Gasteiger partial charge in [0, 0.05) is 17.8 Å². The number of nitrogens with one attached hydrogen (secondary N) is 3. The number of urea groups is 1. The van der Waals surface area contributed by atoms with E-state index in [1.54, 1.807) is 18.2 Å². The van der Waals surface area contributed by atoms with E-state index >= 15 is 0 Å². The Balaban J connectivity index is 0.00000242. The van der Waals surface area contributed by atoms with Crippen LogP contribution in [0.15, 0.2) is 18.2 Å². The summed E-state index contributed by atoms with van der Waals surface area (Å²) in [5.74, 6) is 0.0651. The molecule has 122 valence electrons. The molecule has 0 spiro atoms. The van der Waals surface area contributed by atoms with E-state index in [0.717, 1.165) is 31.5 Å². The van der Waals surface area contributed by atoms with E-state index in [2.05, 4.69) is 16.0 Å². The average Bonchev–Trinajstić information content (AvgIpc) is 2.48. The van der Waals surface area contributed by atoms with Crippen LogP contribution >= 0.6 is 12.4 Å². The van der Waals surface area contributed by atoms with Crippen LogP contribution in [0, 0.1) is 12.8 Å². The molecule has 1 heterocycles. The maximum Gasteiger partial charge on any atom is 0.319 e. The first-order chi connectivity index (χ1) is 10.1. The van der Waals surface area contributed by atoms with Crippen molar-refractivity contribution in [3.05, 3.63) is 29.3 Å². The first-order valence-corrected chi connectivity index (χ1v) is 7.22. The van der Waals surface area contributed by atoms with Gasteiger partial charge in [0.1, 0.15) is 0 Å². The van der Waals surface area contributed by atoms with Crippen LogP contribution in [0.5, 0.6) is 0 Å². The van der Waals surface area contributed by atoms with Gasteiger partial charge in [-0.15, -0.1) is 12.4 Å². The minimum absolute atomic E-state index is 0. The predicted octanol–water partition coefficient (Wildman–Crippen LogP) is 1.64. The quantitative estimate of drug-likeness (QED) is 0.677. The third kappa shape index (κ3) is 5.20. The molecule has 1 aliphatic rings. The normalized spacial score (nSPS) is 14.8. The number of hydrogen-bond acceptors (Lipinski definition) is 3. The number of halogens is 1. The van der Waals surface area contributed by atoms with Crippen LogP contribution < -0.4 is 21.7 Å². The Kier molecular flexibility index (Phi) is 7.14. The zero-order valence-electron chi connectivity index (χ0n) is 12.6. The van der Waals surface area contributed by atoms with E-state index in [1.165, 1.54) is 0 Å². The molecule has 0 unspecified atom stereocenters. The van der Waals surface area contributed by atoms with Gasteiger partial charge in [-0.2, -0.15) is 0 Å². The molecule has 1 aromatic carbocycles. The molecular formula is C15H23ClN4O2. The van der Waals surface area contributed by atoms with Crippen molar-refractivity contribution < 1.29 is 9.59 Å². The third-order valence-electron chi connectivity index (χ3n) is 3.77. The summed E-state index contributed by atoms with van der Waals surface area (Å²) in [5, 5.41) is 8.99. The molecule has 1 aliphatic heterocycles. The number of primary amides is 1. The van der Waals surface area contributed by atoms with Crippen molar-refractivity contribution >= 4 is 30.0 Å². The zero-order chi connectivity index (χ0) is 15.2. The number of amides is 3. The van der Waals surface area contributed by atoms with E-state index in [1.807, 2.05) is 6.92 Å². The van der Waals surface area contributed by atoms with Crippen molar-refractivity contribution in [3.8, 4) is 0 Å². The lowest BCUT2D eigenvalue weighted by Crippen LogP contribution is -2.37. The molecule has 0 radical (unpaired) electrons. The molecule has 7 heteroatoms. The predicted molar refractivity (Wildman–Crippen MR) is 89.6 cm³/mol. The first kappa shape index (κ1) is 18.3. The van der Waals surface area contributed by atoms with Gasteiger partial charge in [0.25, 0.3) is 0 Å². The number of anilines is 1. The summed E-state index contributed by atoms with van der Waals surface area (Å²) in [6.45, 7) is 4.55. The van der Waals surface area contributed by atoms with Crippen LogP contribution in [0.2, 0.25) is 0 Å². The number of benzene rings is 1. The molecule has 0 saturated carbocycles. The highest BCUT2D eigenvalue weighted by Gasteiger charge is 2.14. The Bertz CT molecular complexity index is 530. The van der Waals surface area contributed by atoms with E-state index in [9.17, 15) is 9.59 Å². The van der Waals surface area contributed by atoms with E-state index in [4.69, 9.17) is 5.73 Å². The Morgan fingerprint density at radius 1 is 1.32 bits per heavy atom. The third-order valence-corrected chi connectivity index (χ3v) is 3.77. The number of carbonyl (C=O) groups excluding carboxylic acids is 2. The van der Waals surface area contributed by atoms with Gasteiger partial charge in [0.2, 0.25) is 5.91 Å². The average molecular weight is 327 g/mol. The lowest BCUT2D eigenvalue weighted by atomic mass is 9.98. The maximum absolute atomic E-state index is 11.9. The van der Waals surface area contributed by atoms with E-state index in [-0.39, 0.29) is 18.4 Å². The van der Waals surface area contributed by atoms with Crippen molar-refractivity contribution in [1.29, 1.82) is 0 Å². The van der Waals surface area contributed by atoms with Crippen molar-refractivity contribution in [1.82, 2.24) is 10.6 Å². The highest BCUT2D eigenvalue weighted by molar-refractivity contribution is 5.95. The van der Waals surface area contributed by atoms with Gasteiger partial charge in [0.15, 0.2) is 0 Å². The van der Waals surface area contributed by atoms with Gasteiger partial charge in [-0.1, -0.05) is 0 Å². The second-order valence-electron chi connectivity index (χ2n) is 5.42. The molecule has 6 nitrogen and oxygen atoms in total. The first-order valence-electron chi connectivity index (χ1n) is 7.22. The summed E-state index contributed by atoms with van der Waals surface area (Å²) in [5.41, 5.74) is 7.15. The molecule has 1 aromatic rings. The fraction of sp³-hybridized carbons (Fsp3) is 0.467. The fourth-order valence-corrected chi connectivity index (χ4v) is 2.45.